The molecule has 1 aromatic rings. The topological polar surface area (TPSA) is 64.1 Å². The number of aliphatic hydroxyl groups is 1. The van der Waals surface area contributed by atoms with E-state index in [0.717, 1.165) is 12.2 Å². The zero-order chi connectivity index (χ0) is 9.84. The van der Waals surface area contributed by atoms with Crippen LogP contribution in [0.25, 0.3) is 0 Å². The fourth-order valence-electron chi connectivity index (χ4n) is 1.14. The van der Waals surface area contributed by atoms with Crippen LogP contribution < -0.4 is 5.73 Å². The highest BCUT2D eigenvalue weighted by Gasteiger charge is 2.07. The molecule has 1 aromatic heterocycles. The monoisotopic (exact) mass is 183 g/mol. The van der Waals surface area contributed by atoms with Gasteiger partial charge >= 0.3 is 0 Å². The van der Waals surface area contributed by atoms with Crippen molar-refractivity contribution < 1.29 is 5.11 Å². The van der Waals surface area contributed by atoms with Crippen molar-refractivity contribution in [1.82, 2.24) is 9.78 Å². The first-order valence-corrected chi connectivity index (χ1v) is 4.53. The van der Waals surface area contributed by atoms with Gasteiger partial charge in [-0.1, -0.05) is 13.8 Å². The standard InChI is InChI=1S/C9H17N3O/c1-7(2)5-12-4-3-9(11-12)8(10)6-13/h3-4,7-8,13H,5-6,10H2,1-2H3. The van der Waals surface area contributed by atoms with E-state index in [0.29, 0.717) is 5.92 Å². The maximum Gasteiger partial charge on any atom is 0.0815 e. The summed E-state index contributed by atoms with van der Waals surface area (Å²) in [5.41, 5.74) is 6.37. The summed E-state index contributed by atoms with van der Waals surface area (Å²) in [7, 11) is 0. The molecular weight excluding hydrogens is 166 g/mol. The lowest BCUT2D eigenvalue weighted by Gasteiger charge is -2.05. The third kappa shape index (κ3) is 2.82. The first-order chi connectivity index (χ1) is 6.13. The number of aliphatic hydroxyl groups excluding tert-OH is 1. The smallest absolute Gasteiger partial charge is 0.0815 e. The van der Waals surface area contributed by atoms with E-state index in [1.54, 1.807) is 0 Å². The van der Waals surface area contributed by atoms with Crippen molar-refractivity contribution in [2.75, 3.05) is 6.61 Å². The van der Waals surface area contributed by atoms with Crippen LogP contribution in [0.2, 0.25) is 0 Å². The van der Waals surface area contributed by atoms with E-state index in [2.05, 4.69) is 18.9 Å². The Labute approximate surface area is 78.4 Å². The van der Waals surface area contributed by atoms with Gasteiger partial charge in [-0.2, -0.15) is 5.10 Å². The minimum atomic E-state index is -0.353. The van der Waals surface area contributed by atoms with Crippen molar-refractivity contribution in [3.05, 3.63) is 18.0 Å². The third-order valence-corrected chi connectivity index (χ3v) is 1.79. The second kappa shape index (κ2) is 4.39. The number of nitrogens with two attached hydrogens (primary N) is 1. The zero-order valence-electron chi connectivity index (χ0n) is 8.14. The van der Waals surface area contributed by atoms with Gasteiger partial charge in [-0.15, -0.1) is 0 Å². The molecule has 1 heterocycles. The SMILES string of the molecule is CC(C)Cn1ccc(C(N)CO)n1. The average molecular weight is 183 g/mol. The average Bonchev–Trinajstić information content (AvgIpc) is 2.50. The molecule has 0 aliphatic rings. The lowest BCUT2D eigenvalue weighted by atomic mass is 10.2. The number of rotatable bonds is 4. The summed E-state index contributed by atoms with van der Waals surface area (Å²) in [4.78, 5) is 0. The predicted octanol–water partition coefficient (Wildman–Crippen LogP) is 0.531. The van der Waals surface area contributed by atoms with E-state index < -0.39 is 0 Å². The van der Waals surface area contributed by atoms with Gasteiger partial charge in [0.2, 0.25) is 0 Å². The van der Waals surface area contributed by atoms with Crippen LogP contribution >= 0.6 is 0 Å². The summed E-state index contributed by atoms with van der Waals surface area (Å²) in [5.74, 6) is 0.568. The fraction of sp³-hybridized carbons (Fsp3) is 0.667. The van der Waals surface area contributed by atoms with Crippen molar-refractivity contribution in [2.24, 2.45) is 11.7 Å². The first kappa shape index (κ1) is 10.2. The molecule has 0 saturated heterocycles. The molecule has 0 fully saturated rings. The lowest BCUT2D eigenvalue weighted by Crippen LogP contribution is -2.16. The molecule has 0 radical (unpaired) electrons. The molecule has 0 aromatic carbocycles. The maximum atomic E-state index is 8.81. The van der Waals surface area contributed by atoms with E-state index in [9.17, 15) is 0 Å². The van der Waals surface area contributed by atoms with Gasteiger partial charge in [0.1, 0.15) is 0 Å². The van der Waals surface area contributed by atoms with Crippen LogP contribution in [0, 0.1) is 5.92 Å². The van der Waals surface area contributed by atoms with Crippen molar-refractivity contribution in [2.45, 2.75) is 26.4 Å². The summed E-state index contributed by atoms with van der Waals surface area (Å²) in [6, 6.07) is 1.50. The molecule has 4 nitrogen and oxygen atoms in total. The summed E-state index contributed by atoms with van der Waals surface area (Å²) < 4.78 is 1.86. The van der Waals surface area contributed by atoms with E-state index in [1.165, 1.54) is 0 Å². The van der Waals surface area contributed by atoms with E-state index >= 15 is 0 Å². The minimum absolute atomic E-state index is 0.0569. The second-order valence-corrected chi connectivity index (χ2v) is 3.65. The van der Waals surface area contributed by atoms with Crippen molar-refractivity contribution >= 4 is 0 Å². The molecule has 4 heteroatoms. The van der Waals surface area contributed by atoms with Crippen LogP contribution in [0.3, 0.4) is 0 Å². The quantitative estimate of drug-likeness (QED) is 0.715. The highest BCUT2D eigenvalue weighted by Crippen LogP contribution is 2.07. The van der Waals surface area contributed by atoms with Crippen molar-refractivity contribution in [3.63, 3.8) is 0 Å². The van der Waals surface area contributed by atoms with E-state index in [-0.39, 0.29) is 12.6 Å². The van der Waals surface area contributed by atoms with E-state index in [1.807, 2.05) is 16.9 Å². The Morgan fingerprint density at radius 3 is 2.85 bits per heavy atom. The number of nitrogens with zero attached hydrogens (tertiary/aromatic N) is 2. The fourth-order valence-corrected chi connectivity index (χ4v) is 1.14. The van der Waals surface area contributed by atoms with E-state index in [4.69, 9.17) is 10.8 Å². The Balaban J connectivity index is 2.63. The molecule has 0 amide bonds. The number of hydrogen-bond acceptors (Lipinski definition) is 3. The molecular formula is C9H17N3O. The number of hydrogen-bond donors (Lipinski definition) is 2. The van der Waals surface area contributed by atoms with Crippen LogP contribution in [-0.4, -0.2) is 21.5 Å². The van der Waals surface area contributed by atoms with Gasteiger partial charge in [0.05, 0.1) is 18.3 Å². The Bertz CT molecular complexity index is 257. The van der Waals surface area contributed by atoms with Crippen molar-refractivity contribution in [3.8, 4) is 0 Å². The molecule has 1 rings (SSSR count). The minimum Gasteiger partial charge on any atom is -0.394 e. The molecule has 0 saturated carbocycles. The highest BCUT2D eigenvalue weighted by molar-refractivity contribution is 5.04. The van der Waals surface area contributed by atoms with Crippen LogP contribution in [0.15, 0.2) is 12.3 Å². The van der Waals surface area contributed by atoms with Gasteiger partial charge in [-0.3, -0.25) is 4.68 Å². The summed E-state index contributed by atoms with van der Waals surface area (Å²) >= 11 is 0. The largest absolute Gasteiger partial charge is 0.394 e. The number of aromatic nitrogens is 2. The Kier molecular flexibility index (Phi) is 3.45. The molecule has 0 spiro atoms. The molecule has 0 bridgehead atoms. The first-order valence-electron chi connectivity index (χ1n) is 4.53. The van der Waals surface area contributed by atoms with Gasteiger partial charge in [-0.25, -0.2) is 0 Å². The molecule has 0 aliphatic heterocycles. The Morgan fingerprint density at radius 1 is 1.62 bits per heavy atom. The van der Waals surface area contributed by atoms with Gasteiger partial charge < -0.3 is 10.8 Å². The van der Waals surface area contributed by atoms with Crippen LogP contribution in [-0.2, 0) is 6.54 Å². The zero-order valence-corrected chi connectivity index (χ0v) is 8.14. The molecule has 1 atom stereocenters. The molecule has 3 N–H and O–H groups in total. The Hall–Kier alpha value is -0.870. The molecule has 74 valence electrons. The summed E-state index contributed by atoms with van der Waals surface area (Å²) in [6.07, 6.45) is 1.89. The van der Waals surface area contributed by atoms with Gasteiger partial charge in [0, 0.05) is 12.7 Å². The molecule has 13 heavy (non-hydrogen) atoms. The Morgan fingerprint density at radius 2 is 2.31 bits per heavy atom. The normalized spacial score (nSPS) is 13.6. The maximum absolute atomic E-state index is 8.81. The van der Waals surface area contributed by atoms with Crippen LogP contribution in [0.5, 0.6) is 0 Å². The van der Waals surface area contributed by atoms with Gasteiger partial charge in [0.15, 0.2) is 0 Å². The molecule has 1 unspecified atom stereocenters. The van der Waals surface area contributed by atoms with Gasteiger partial charge in [0.25, 0.3) is 0 Å². The molecule has 0 aliphatic carbocycles. The summed E-state index contributed by atoms with van der Waals surface area (Å²) in [6.45, 7) is 5.09. The van der Waals surface area contributed by atoms with Crippen LogP contribution in [0.4, 0.5) is 0 Å². The van der Waals surface area contributed by atoms with Crippen molar-refractivity contribution in [1.29, 1.82) is 0 Å². The predicted molar refractivity (Wildman–Crippen MR) is 51.1 cm³/mol. The third-order valence-electron chi connectivity index (χ3n) is 1.79. The van der Waals surface area contributed by atoms with Crippen LogP contribution in [0.1, 0.15) is 25.6 Å². The second-order valence-electron chi connectivity index (χ2n) is 3.65. The van der Waals surface area contributed by atoms with Gasteiger partial charge in [-0.05, 0) is 12.0 Å². The highest BCUT2D eigenvalue weighted by atomic mass is 16.3. The lowest BCUT2D eigenvalue weighted by molar-refractivity contribution is 0.265. The summed E-state index contributed by atoms with van der Waals surface area (Å²) in [5, 5.41) is 13.1.